The number of hydrogen-bond acceptors (Lipinski definition) is 5. The van der Waals surface area contributed by atoms with Crippen LogP contribution in [0.2, 0.25) is 0 Å². The molecule has 7 rings (SSSR count). The fourth-order valence-corrected chi connectivity index (χ4v) is 8.63. The molecule has 1 spiro atoms. The lowest BCUT2D eigenvalue weighted by Crippen LogP contribution is -2.41. The zero-order valence-corrected chi connectivity index (χ0v) is 25.7. The molecular formula is C34H39N3O5S. The molecule has 1 N–H and O–H groups in total. The summed E-state index contributed by atoms with van der Waals surface area (Å²) in [4.78, 5) is 27.5. The number of Topliss-reactive ketones (excluding diaryl/α,β-unsaturated/α-hetero) is 1. The van der Waals surface area contributed by atoms with Crippen LogP contribution in [0.3, 0.4) is 0 Å². The standard InChI is InChI=1S/C34H39N3O5S/c1-36-17-9-4-3-8-12-30(38)34-20-28(34)27-19-24(42-2)14-16-25(27)32-31(22-10-6-5-7-11-22)26-15-13-23(18-29(26)37(32)21-34)33(39)35-43(36,40)41/h4,9,13-16,18-19,22,28H,3,5-8,10-12,17,20-21H2,1-2H3,(H,35,39). The number of fused-ring (bicyclic) bond motifs is 4. The van der Waals surface area contributed by atoms with E-state index in [0.717, 1.165) is 51.5 Å². The Morgan fingerprint density at radius 2 is 1.81 bits per heavy atom. The van der Waals surface area contributed by atoms with Crippen LogP contribution in [-0.2, 0) is 21.5 Å². The molecular weight excluding hydrogens is 562 g/mol. The SMILES string of the molecule is COc1ccc2c(c1)C1CC13Cn1c-2c(C2CCCCC2)c2ccc(cc21)C(=O)NS(=O)(=O)N(C)CC=CCCCC3=O. The third kappa shape index (κ3) is 4.72. The molecule has 8 nitrogen and oxygen atoms in total. The van der Waals surface area contributed by atoms with E-state index in [0.29, 0.717) is 31.7 Å². The first-order valence-electron chi connectivity index (χ1n) is 15.5. The van der Waals surface area contributed by atoms with Gasteiger partial charge < -0.3 is 9.30 Å². The zero-order chi connectivity index (χ0) is 29.9. The first kappa shape index (κ1) is 28.3. The highest BCUT2D eigenvalue weighted by Crippen LogP contribution is 2.66. The van der Waals surface area contributed by atoms with Crippen molar-refractivity contribution in [2.24, 2.45) is 5.41 Å². The number of ketones is 1. The highest BCUT2D eigenvalue weighted by molar-refractivity contribution is 7.87. The first-order chi connectivity index (χ1) is 20.7. The molecule has 2 unspecified atom stereocenters. The lowest BCUT2D eigenvalue weighted by Gasteiger charge is -2.24. The minimum Gasteiger partial charge on any atom is -0.497 e. The third-order valence-electron chi connectivity index (χ3n) is 10.3. The van der Waals surface area contributed by atoms with Gasteiger partial charge in [-0.2, -0.15) is 12.7 Å². The quantitative estimate of drug-likeness (QED) is 0.360. The number of amides is 1. The van der Waals surface area contributed by atoms with Crippen molar-refractivity contribution in [1.82, 2.24) is 13.6 Å². The molecule has 1 amide bonds. The van der Waals surface area contributed by atoms with Crippen molar-refractivity contribution in [1.29, 1.82) is 0 Å². The van der Waals surface area contributed by atoms with Gasteiger partial charge in [0, 0.05) is 54.5 Å². The number of rotatable bonds is 2. The number of allylic oxidation sites excluding steroid dienone is 1. The van der Waals surface area contributed by atoms with Crippen molar-refractivity contribution < 1.29 is 22.7 Å². The van der Waals surface area contributed by atoms with Gasteiger partial charge in [-0.25, -0.2) is 4.72 Å². The van der Waals surface area contributed by atoms with Crippen molar-refractivity contribution in [3.8, 4) is 17.0 Å². The Hall–Kier alpha value is -3.43. The van der Waals surface area contributed by atoms with Crippen LogP contribution >= 0.6 is 0 Å². The number of nitrogens with zero attached hydrogens (tertiary/aromatic N) is 2. The van der Waals surface area contributed by atoms with Crippen LogP contribution in [0.4, 0.5) is 0 Å². The number of methoxy groups -OCH3 is 1. The van der Waals surface area contributed by atoms with E-state index < -0.39 is 21.5 Å². The lowest BCUT2D eigenvalue weighted by molar-refractivity contribution is -0.124. The van der Waals surface area contributed by atoms with Gasteiger partial charge in [-0.05, 0) is 79.5 Å². The molecule has 2 aliphatic carbocycles. The van der Waals surface area contributed by atoms with Crippen molar-refractivity contribution in [3.05, 3.63) is 65.2 Å². The topological polar surface area (TPSA) is 97.7 Å². The summed E-state index contributed by atoms with van der Waals surface area (Å²) in [5.41, 5.74) is 5.42. The lowest BCUT2D eigenvalue weighted by atomic mass is 9.81. The molecule has 0 saturated heterocycles. The molecule has 43 heavy (non-hydrogen) atoms. The van der Waals surface area contributed by atoms with Crippen LogP contribution in [0.5, 0.6) is 5.75 Å². The van der Waals surface area contributed by atoms with Crippen molar-refractivity contribution >= 4 is 32.8 Å². The highest BCUT2D eigenvalue weighted by Gasteiger charge is 2.61. The van der Waals surface area contributed by atoms with Crippen molar-refractivity contribution in [2.75, 3.05) is 20.7 Å². The monoisotopic (exact) mass is 601 g/mol. The fourth-order valence-electron chi connectivity index (χ4n) is 7.84. The number of ether oxygens (including phenoxy) is 1. The van der Waals surface area contributed by atoms with Gasteiger partial charge >= 0.3 is 10.2 Å². The summed E-state index contributed by atoms with van der Waals surface area (Å²) in [6.07, 6.45) is 12.2. The molecule has 2 saturated carbocycles. The predicted molar refractivity (Wildman–Crippen MR) is 167 cm³/mol. The molecule has 3 heterocycles. The highest BCUT2D eigenvalue weighted by atomic mass is 32.2. The summed E-state index contributed by atoms with van der Waals surface area (Å²) in [6, 6.07) is 11.8. The number of carbonyl (C=O) groups is 2. The average Bonchev–Trinajstić information content (AvgIpc) is 3.68. The first-order valence-corrected chi connectivity index (χ1v) is 17.0. The van der Waals surface area contributed by atoms with Gasteiger partial charge in [0.1, 0.15) is 11.5 Å². The van der Waals surface area contributed by atoms with E-state index in [4.69, 9.17) is 4.74 Å². The Balaban J connectivity index is 1.48. The predicted octanol–water partition coefficient (Wildman–Crippen LogP) is 6.07. The second-order valence-electron chi connectivity index (χ2n) is 12.8. The van der Waals surface area contributed by atoms with Crippen LogP contribution in [-0.4, -0.2) is 49.7 Å². The van der Waals surface area contributed by atoms with Crippen molar-refractivity contribution in [2.45, 2.75) is 76.2 Å². The summed E-state index contributed by atoms with van der Waals surface area (Å²) in [5.74, 6) is 0.904. The Bertz CT molecular complexity index is 1770. The number of nitrogens with one attached hydrogen (secondary N) is 1. The molecule has 3 aromatic rings. The van der Waals surface area contributed by atoms with Gasteiger partial charge in [0.05, 0.1) is 18.2 Å². The van der Waals surface area contributed by atoms with E-state index in [-0.39, 0.29) is 23.8 Å². The van der Waals surface area contributed by atoms with Gasteiger partial charge in [0.25, 0.3) is 5.91 Å². The molecule has 2 fully saturated rings. The van der Waals surface area contributed by atoms with Crippen LogP contribution in [0, 0.1) is 5.41 Å². The smallest absolute Gasteiger partial charge is 0.304 e. The largest absolute Gasteiger partial charge is 0.497 e. The maximum Gasteiger partial charge on any atom is 0.304 e. The number of hydrogen-bond donors (Lipinski definition) is 1. The third-order valence-corrected chi connectivity index (χ3v) is 11.7. The summed E-state index contributed by atoms with van der Waals surface area (Å²) < 4.78 is 37.3. The van der Waals surface area contributed by atoms with Gasteiger partial charge in [0.2, 0.25) is 0 Å². The molecule has 0 radical (unpaired) electrons. The van der Waals surface area contributed by atoms with Crippen LogP contribution in [0.1, 0.15) is 91.1 Å². The van der Waals surface area contributed by atoms with Crippen LogP contribution < -0.4 is 9.46 Å². The van der Waals surface area contributed by atoms with E-state index in [2.05, 4.69) is 21.4 Å². The maximum absolute atomic E-state index is 14.1. The fraction of sp³-hybridized carbons (Fsp3) is 0.471. The minimum absolute atomic E-state index is 0.113. The van der Waals surface area contributed by atoms with Gasteiger partial charge in [-0.15, -0.1) is 0 Å². The van der Waals surface area contributed by atoms with Crippen molar-refractivity contribution in [3.63, 3.8) is 0 Å². The van der Waals surface area contributed by atoms with Crippen LogP contribution in [0.15, 0.2) is 48.6 Å². The minimum atomic E-state index is -4.03. The number of benzene rings is 2. The molecule has 1 aromatic heterocycles. The average molecular weight is 602 g/mol. The summed E-state index contributed by atoms with van der Waals surface area (Å²) >= 11 is 0. The van der Waals surface area contributed by atoms with Gasteiger partial charge in [-0.1, -0.05) is 37.5 Å². The van der Waals surface area contributed by atoms with E-state index in [9.17, 15) is 18.0 Å². The second-order valence-corrected chi connectivity index (χ2v) is 14.6. The van der Waals surface area contributed by atoms with E-state index >= 15 is 0 Å². The number of aromatic nitrogens is 1. The normalized spacial score (nSPS) is 26.0. The summed E-state index contributed by atoms with van der Waals surface area (Å²) in [5, 5.41) is 1.09. The Morgan fingerprint density at radius 3 is 2.60 bits per heavy atom. The Morgan fingerprint density at radius 1 is 1.00 bits per heavy atom. The molecule has 4 aliphatic rings. The van der Waals surface area contributed by atoms with Crippen LogP contribution in [0.25, 0.3) is 22.2 Å². The zero-order valence-electron chi connectivity index (χ0n) is 24.9. The summed E-state index contributed by atoms with van der Waals surface area (Å²) in [7, 11) is -0.899. The Kier molecular flexibility index (Phi) is 7.01. The van der Waals surface area contributed by atoms with E-state index in [1.54, 1.807) is 19.3 Å². The second kappa shape index (κ2) is 10.6. The molecule has 226 valence electrons. The summed E-state index contributed by atoms with van der Waals surface area (Å²) in [6.45, 7) is 0.686. The van der Waals surface area contributed by atoms with Gasteiger partial charge in [0.15, 0.2) is 0 Å². The van der Waals surface area contributed by atoms with E-state index in [1.165, 1.54) is 37.4 Å². The molecule has 2 atom stereocenters. The number of likely N-dealkylation sites (N-methyl/N-ethyl adjacent to an activating group) is 1. The maximum atomic E-state index is 14.1. The van der Waals surface area contributed by atoms with E-state index in [1.807, 2.05) is 24.3 Å². The number of carbonyl (C=O) groups excluding carboxylic acids is 2. The molecule has 2 aromatic carbocycles. The molecule has 9 heteroatoms. The Labute approximate surface area is 253 Å². The molecule has 4 bridgehead atoms. The van der Waals surface area contributed by atoms with Gasteiger partial charge in [-0.3, -0.25) is 9.59 Å². The molecule has 2 aliphatic heterocycles.